The van der Waals surface area contributed by atoms with Gasteiger partial charge < -0.3 is 0 Å². The Bertz CT molecular complexity index is 813. The number of aromatic nitrogens is 1. The number of rotatable bonds is 2. The number of nitrogens with one attached hydrogen (secondary N) is 1. The molecule has 1 aromatic carbocycles. The van der Waals surface area contributed by atoms with E-state index < -0.39 is 23.7 Å². The SMILES string of the molecule is Cc1ccccc1F.O=C(NO)C1C=C(c2ccnc(C(F)(F)F)c2)CC1. The van der Waals surface area contributed by atoms with E-state index in [0.717, 1.165) is 12.3 Å². The summed E-state index contributed by atoms with van der Waals surface area (Å²) in [6.07, 6.45) is -0.874. The Hall–Kier alpha value is -2.74. The van der Waals surface area contributed by atoms with Gasteiger partial charge in [0.25, 0.3) is 0 Å². The van der Waals surface area contributed by atoms with E-state index in [-0.39, 0.29) is 5.82 Å². The second kappa shape index (κ2) is 8.77. The van der Waals surface area contributed by atoms with Crippen molar-refractivity contribution in [3.05, 3.63) is 71.3 Å². The van der Waals surface area contributed by atoms with Crippen LogP contribution < -0.4 is 5.48 Å². The third-order valence-electron chi connectivity index (χ3n) is 4.07. The Morgan fingerprint density at radius 3 is 2.52 bits per heavy atom. The average Bonchev–Trinajstić information content (AvgIpc) is 3.14. The first-order chi connectivity index (χ1) is 12.7. The molecule has 4 nitrogen and oxygen atoms in total. The van der Waals surface area contributed by atoms with Crippen molar-refractivity contribution in [3.63, 3.8) is 0 Å². The molecule has 0 aliphatic heterocycles. The molecule has 1 aliphatic rings. The molecule has 1 atom stereocenters. The number of hydroxylamine groups is 1. The van der Waals surface area contributed by atoms with E-state index in [9.17, 15) is 22.4 Å². The maximum Gasteiger partial charge on any atom is 0.433 e. The molecule has 1 unspecified atom stereocenters. The van der Waals surface area contributed by atoms with Gasteiger partial charge in [-0.3, -0.25) is 15.0 Å². The molecule has 1 amide bonds. The predicted molar refractivity (Wildman–Crippen MR) is 91.0 cm³/mol. The molecule has 2 N–H and O–H groups in total. The molecule has 1 aliphatic carbocycles. The zero-order valence-corrected chi connectivity index (χ0v) is 14.4. The van der Waals surface area contributed by atoms with Crippen LogP contribution in [-0.4, -0.2) is 16.1 Å². The molecule has 0 bridgehead atoms. The Labute approximate surface area is 153 Å². The number of halogens is 4. The van der Waals surface area contributed by atoms with Crippen molar-refractivity contribution in [2.45, 2.75) is 25.9 Å². The van der Waals surface area contributed by atoms with Crippen LogP contribution in [0.25, 0.3) is 5.57 Å². The quantitative estimate of drug-likeness (QED) is 0.456. The number of benzene rings is 1. The molecule has 2 aromatic rings. The number of nitrogens with zero attached hydrogens (tertiary/aromatic N) is 1. The highest BCUT2D eigenvalue weighted by molar-refractivity contribution is 5.84. The lowest BCUT2D eigenvalue weighted by Crippen LogP contribution is -2.25. The van der Waals surface area contributed by atoms with E-state index >= 15 is 0 Å². The smallest absolute Gasteiger partial charge is 0.289 e. The fourth-order valence-electron chi connectivity index (χ4n) is 2.59. The standard InChI is InChI=1S/C12H11F3N2O2.C7H7F/c13-12(14,15)10-6-8(3-4-16-10)7-1-2-9(5-7)11(18)17-19;1-6-4-2-3-5-7(6)8/h3-6,9,19H,1-2H2,(H,17,18);2-5H,1H3. The monoisotopic (exact) mass is 382 g/mol. The Morgan fingerprint density at radius 2 is 1.96 bits per heavy atom. The normalized spacial score (nSPS) is 16.2. The maximum atomic E-state index is 12.5. The number of carbonyl (C=O) groups is 1. The highest BCUT2D eigenvalue weighted by Crippen LogP contribution is 2.34. The molecule has 0 saturated carbocycles. The molecular weight excluding hydrogens is 364 g/mol. The van der Waals surface area contributed by atoms with Crippen molar-refractivity contribution in [1.82, 2.24) is 10.5 Å². The van der Waals surface area contributed by atoms with Gasteiger partial charge in [0, 0.05) is 6.20 Å². The van der Waals surface area contributed by atoms with Crippen molar-refractivity contribution in [3.8, 4) is 0 Å². The van der Waals surface area contributed by atoms with Crippen LogP contribution in [0.15, 0.2) is 48.7 Å². The molecule has 1 aromatic heterocycles. The van der Waals surface area contributed by atoms with Crippen LogP contribution in [0.1, 0.15) is 29.7 Å². The van der Waals surface area contributed by atoms with Crippen molar-refractivity contribution >= 4 is 11.5 Å². The lowest BCUT2D eigenvalue weighted by atomic mass is 10.1. The Morgan fingerprint density at radius 1 is 1.26 bits per heavy atom. The second-order valence-corrected chi connectivity index (χ2v) is 5.99. The van der Waals surface area contributed by atoms with Gasteiger partial charge in [-0.05, 0) is 54.7 Å². The van der Waals surface area contributed by atoms with Gasteiger partial charge in [0.1, 0.15) is 11.5 Å². The minimum Gasteiger partial charge on any atom is -0.289 e. The largest absolute Gasteiger partial charge is 0.433 e. The third kappa shape index (κ3) is 5.62. The molecule has 27 heavy (non-hydrogen) atoms. The van der Waals surface area contributed by atoms with Crippen LogP contribution in [0.4, 0.5) is 17.6 Å². The highest BCUT2D eigenvalue weighted by Gasteiger charge is 2.33. The van der Waals surface area contributed by atoms with E-state index in [0.29, 0.717) is 29.5 Å². The second-order valence-electron chi connectivity index (χ2n) is 5.99. The van der Waals surface area contributed by atoms with Gasteiger partial charge in [-0.15, -0.1) is 0 Å². The number of allylic oxidation sites excluding steroid dienone is 1. The zero-order chi connectivity index (χ0) is 20.0. The topological polar surface area (TPSA) is 62.2 Å². The summed E-state index contributed by atoms with van der Waals surface area (Å²) in [5.74, 6) is -1.20. The van der Waals surface area contributed by atoms with E-state index in [1.54, 1.807) is 25.1 Å². The summed E-state index contributed by atoms with van der Waals surface area (Å²) in [6, 6.07) is 9.14. The number of pyridine rings is 1. The molecule has 3 rings (SSSR count). The minimum absolute atomic E-state index is 0.132. The van der Waals surface area contributed by atoms with Gasteiger partial charge in [0.15, 0.2) is 0 Å². The van der Waals surface area contributed by atoms with Crippen molar-refractivity contribution in [2.24, 2.45) is 5.92 Å². The summed E-state index contributed by atoms with van der Waals surface area (Å²) < 4.78 is 49.9. The van der Waals surface area contributed by atoms with Gasteiger partial charge in [0.05, 0.1) is 5.92 Å². The van der Waals surface area contributed by atoms with Crippen LogP contribution in [0.5, 0.6) is 0 Å². The molecule has 0 saturated heterocycles. The zero-order valence-electron chi connectivity index (χ0n) is 14.4. The molecule has 1 heterocycles. The average molecular weight is 382 g/mol. The number of hydrogen-bond donors (Lipinski definition) is 2. The number of amides is 1. The summed E-state index contributed by atoms with van der Waals surface area (Å²) >= 11 is 0. The third-order valence-corrected chi connectivity index (χ3v) is 4.07. The van der Waals surface area contributed by atoms with Crippen molar-refractivity contribution in [2.75, 3.05) is 0 Å². The van der Waals surface area contributed by atoms with Crippen molar-refractivity contribution in [1.29, 1.82) is 0 Å². The lowest BCUT2D eigenvalue weighted by molar-refractivity contribution is -0.141. The van der Waals surface area contributed by atoms with Gasteiger partial charge in [0.2, 0.25) is 5.91 Å². The number of hydrogen-bond acceptors (Lipinski definition) is 3. The predicted octanol–water partition coefficient (Wildman–Crippen LogP) is 4.53. The summed E-state index contributed by atoms with van der Waals surface area (Å²) in [5, 5.41) is 8.52. The molecule has 0 spiro atoms. The van der Waals surface area contributed by atoms with Crippen LogP contribution >= 0.6 is 0 Å². The maximum absolute atomic E-state index is 12.5. The highest BCUT2D eigenvalue weighted by atomic mass is 19.4. The first-order valence-electron chi connectivity index (χ1n) is 8.11. The number of carbonyl (C=O) groups excluding carboxylic acids is 1. The van der Waals surface area contributed by atoms with Gasteiger partial charge in [-0.1, -0.05) is 24.3 Å². The molecule has 0 radical (unpaired) electrons. The van der Waals surface area contributed by atoms with Crippen LogP contribution in [0, 0.1) is 18.7 Å². The van der Waals surface area contributed by atoms with Crippen LogP contribution in [0.2, 0.25) is 0 Å². The summed E-state index contributed by atoms with van der Waals surface area (Å²) in [7, 11) is 0. The summed E-state index contributed by atoms with van der Waals surface area (Å²) in [5.41, 5.74) is 2.34. The molecular formula is C19H18F4N2O2. The minimum atomic E-state index is -4.49. The van der Waals surface area contributed by atoms with Crippen LogP contribution in [-0.2, 0) is 11.0 Å². The van der Waals surface area contributed by atoms with Gasteiger partial charge >= 0.3 is 6.18 Å². The lowest BCUT2D eigenvalue weighted by Gasteiger charge is -2.08. The van der Waals surface area contributed by atoms with Crippen molar-refractivity contribution < 1.29 is 27.6 Å². The van der Waals surface area contributed by atoms with E-state index in [4.69, 9.17) is 5.21 Å². The fourth-order valence-corrected chi connectivity index (χ4v) is 2.59. The number of aryl methyl sites for hydroxylation is 1. The number of alkyl halides is 3. The van der Waals surface area contributed by atoms with E-state index in [2.05, 4.69) is 4.98 Å². The first kappa shape index (κ1) is 20.6. The van der Waals surface area contributed by atoms with E-state index in [1.807, 2.05) is 6.07 Å². The molecule has 144 valence electrons. The first-order valence-corrected chi connectivity index (χ1v) is 8.11. The Balaban J connectivity index is 0.000000273. The van der Waals surface area contributed by atoms with Crippen LogP contribution in [0.3, 0.4) is 0 Å². The fraction of sp³-hybridized carbons (Fsp3) is 0.263. The molecule has 8 heteroatoms. The summed E-state index contributed by atoms with van der Waals surface area (Å²) in [4.78, 5) is 14.5. The Kier molecular flexibility index (Phi) is 6.68. The van der Waals surface area contributed by atoms with E-state index in [1.165, 1.54) is 17.6 Å². The van der Waals surface area contributed by atoms with Gasteiger partial charge in [-0.25, -0.2) is 9.87 Å². The summed E-state index contributed by atoms with van der Waals surface area (Å²) in [6.45, 7) is 1.75. The molecule has 0 fully saturated rings. The van der Waals surface area contributed by atoms with Gasteiger partial charge in [-0.2, -0.15) is 13.2 Å².